The predicted octanol–water partition coefficient (Wildman–Crippen LogP) is 4.89. The number of anilines is 1. The number of likely N-dealkylation sites (tertiary alicyclic amines) is 1. The molecule has 174 valence electrons. The van der Waals surface area contributed by atoms with Gasteiger partial charge in [0.05, 0.1) is 16.5 Å². The minimum Gasteiger partial charge on any atom is -0.353 e. The number of rotatable bonds is 5. The zero-order valence-corrected chi connectivity index (χ0v) is 19.4. The molecule has 3 amide bonds. The van der Waals surface area contributed by atoms with Crippen molar-refractivity contribution >= 4 is 35.0 Å². The van der Waals surface area contributed by atoms with E-state index in [4.69, 9.17) is 11.6 Å². The molecule has 1 unspecified atom stereocenters. The van der Waals surface area contributed by atoms with E-state index in [1.54, 1.807) is 53.4 Å². The highest BCUT2D eigenvalue weighted by Gasteiger charge is 2.30. The summed E-state index contributed by atoms with van der Waals surface area (Å²) >= 11 is 6.09. The SMILES string of the molecule is O=C(Nc1ccc(C(=O)N2CCCC(C(=O)NC3CCCCC3)C2)cc1)c1ccccc1Cl. The zero-order valence-electron chi connectivity index (χ0n) is 18.7. The Morgan fingerprint density at radius 1 is 0.879 bits per heavy atom. The molecule has 33 heavy (non-hydrogen) atoms. The maximum Gasteiger partial charge on any atom is 0.257 e. The highest BCUT2D eigenvalue weighted by atomic mass is 35.5. The summed E-state index contributed by atoms with van der Waals surface area (Å²) in [5, 5.41) is 6.39. The van der Waals surface area contributed by atoms with Crippen molar-refractivity contribution in [2.45, 2.75) is 51.0 Å². The van der Waals surface area contributed by atoms with Crippen LogP contribution in [0.2, 0.25) is 5.02 Å². The smallest absolute Gasteiger partial charge is 0.257 e. The summed E-state index contributed by atoms with van der Waals surface area (Å²) in [6.45, 7) is 1.10. The highest BCUT2D eigenvalue weighted by Crippen LogP contribution is 2.23. The molecule has 1 aliphatic carbocycles. The van der Waals surface area contributed by atoms with Crippen LogP contribution in [-0.2, 0) is 4.79 Å². The maximum absolute atomic E-state index is 13.0. The Kier molecular flexibility index (Phi) is 7.65. The highest BCUT2D eigenvalue weighted by molar-refractivity contribution is 6.34. The van der Waals surface area contributed by atoms with Crippen LogP contribution in [0.4, 0.5) is 5.69 Å². The van der Waals surface area contributed by atoms with E-state index in [0.29, 0.717) is 34.9 Å². The molecule has 0 spiro atoms. The lowest BCUT2D eigenvalue weighted by Gasteiger charge is -2.33. The largest absolute Gasteiger partial charge is 0.353 e. The molecule has 2 aromatic rings. The van der Waals surface area contributed by atoms with Crippen LogP contribution in [0, 0.1) is 5.92 Å². The van der Waals surface area contributed by atoms with E-state index in [0.717, 1.165) is 25.7 Å². The van der Waals surface area contributed by atoms with Crippen molar-refractivity contribution in [2.24, 2.45) is 5.92 Å². The van der Waals surface area contributed by atoms with Crippen LogP contribution >= 0.6 is 11.6 Å². The van der Waals surface area contributed by atoms with E-state index in [1.165, 1.54) is 19.3 Å². The van der Waals surface area contributed by atoms with Crippen LogP contribution in [-0.4, -0.2) is 41.8 Å². The summed E-state index contributed by atoms with van der Waals surface area (Å²) in [6, 6.07) is 14.0. The molecule has 2 fully saturated rings. The number of nitrogens with zero attached hydrogens (tertiary/aromatic N) is 1. The van der Waals surface area contributed by atoms with Crippen molar-refractivity contribution in [3.05, 3.63) is 64.7 Å². The number of hydrogen-bond acceptors (Lipinski definition) is 3. The van der Waals surface area contributed by atoms with Gasteiger partial charge in [-0.3, -0.25) is 14.4 Å². The summed E-state index contributed by atoms with van der Waals surface area (Å²) in [5.74, 6) is -0.465. The van der Waals surface area contributed by atoms with Gasteiger partial charge in [-0.1, -0.05) is 43.0 Å². The molecule has 1 atom stereocenters. The van der Waals surface area contributed by atoms with Crippen molar-refractivity contribution in [2.75, 3.05) is 18.4 Å². The van der Waals surface area contributed by atoms with Crippen LogP contribution in [0.3, 0.4) is 0 Å². The minimum atomic E-state index is -0.303. The molecular formula is C26H30ClN3O3. The van der Waals surface area contributed by atoms with E-state index in [2.05, 4.69) is 10.6 Å². The average Bonchev–Trinajstić information content (AvgIpc) is 2.85. The second kappa shape index (κ2) is 10.8. The first kappa shape index (κ1) is 23.3. The Hall–Kier alpha value is -2.86. The molecule has 0 bridgehead atoms. The molecule has 1 aliphatic heterocycles. The Labute approximate surface area is 199 Å². The Morgan fingerprint density at radius 3 is 2.33 bits per heavy atom. The number of amides is 3. The lowest BCUT2D eigenvalue weighted by atomic mass is 9.92. The molecule has 1 saturated heterocycles. The molecule has 1 saturated carbocycles. The van der Waals surface area contributed by atoms with Gasteiger partial charge < -0.3 is 15.5 Å². The van der Waals surface area contributed by atoms with Crippen LogP contribution in [0.1, 0.15) is 65.7 Å². The minimum absolute atomic E-state index is 0.0806. The van der Waals surface area contributed by atoms with Gasteiger partial charge in [-0.25, -0.2) is 0 Å². The molecule has 4 rings (SSSR count). The van der Waals surface area contributed by atoms with Crippen molar-refractivity contribution in [1.29, 1.82) is 0 Å². The third kappa shape index (κ3) is 5.93. The van der Waals surface area contributed by atoms with Gasteiger partial charge in [-0.05, 0) is 62.1 Å². The van der Waals surface area contributed by atoms with Gasteiger partial charge >= 0.3 is 0 Å². The molecular weight excluding hydrogens is 438 g/mol. The molecule has 2 aromatic carbocycles. The van der Waals surface area contributed by atoms with Crippen LogP contribution in [0.25, 0.3) is 0 Å². The van der Waals surface area contributed by atoms with Gasteiger partial charge in [0.1, 0.15) is 0 Å². The third-order valence-electron chi connectivity index (χ3n) is 6.54. The van der Waals surface area contributed by atoms with E-state index in [-0.39, 0.29) is 29.7 Å². The van der Waals surface area contributed by atoms with Crippen LogP contribution in [0.5, 0.6) is 0 Å². The number of nitrogens with one attached hydrogen (secondary N) is 2. The summed E-state index contributed by atoms with van der Waals surface area (Å²) in [7, 11) is 0. The average molecular weight is 468 g/mol. The summed E-state index contributed by atoms with van der Waals surface area (Å²) in [6.07, 6.45) is 7.35. The molecule has 1 heterocycles. The second-order valence-electron chi connectivity index (χ2n) is 8.95. The molecule has 2 N–H and O–H groups in total. The van der Waals surface area contributed by atoms with Crippen molar-refractivity contribution in [3.8, 4) is 0 Å². The van der Waals surface area contributed by atoms with Gasteiger partial charge in [0.15, 0.2) is 0 Å². The summed E-state index contributed by atoms with van der Waals surface area (Å²) in [4.78, 5) is 40.0. The maximum atomic E-state index is 13.0. The van der Waals surface area contributed by atoms with E-state index >= 15 is 0 Å². The molecule has 0 aromatic heterocycles. The fraction of sp³-hybridized carbons (Fsp3) is 0.423. The van der Waals surface area contributed by atoms with Crippen molar-refractivity contribution in [1.82, 2.24) is 10.2 Å². The topological polar surface area (TPSA) is 78.5 Å². The standard InChI is InChI=1S/C26H30ClN3O3/c27-23-11-5-4-10-22(23)25(32)29-21-14-12-18(13-15-21)26(33)30-16-6-7-19(17-30)24(31)28-20-8-2-1-3-9-20/h4-5,10-15,19-20H,1-3,6-9,16-17H2,(H,28,31)(H,29,32). The van der Waals surface area contributed by atoms with Crippen molar-refractivity contribution in [3.63, 3.8) is 0 Å². The van der Waals surface area contributed by atoms with Gasteiger partial charge in [0.2, 0.25) is 5.91 Å². The molecule has 7 heteroatoms. The van der Waals surface area contributed by atoms with E-state index in [9.17, 15) is 14.4 Å². The lowest BCUT2D eigenvalue weighted by molar-refractivity contribution is -0.127. The van der Waals surface area contributed by atoms with Crippen LogP contribution < -0.4 is 10.6 Å². The Bertz CT molecular complexity index is 1000. The zero-order chi connectivity index (χ0) is 23.2. The van der Waals surface area contributed by atoms with Crippen LogP contribution in [0.15, 0.2) is 48.5 Å². The first-order valence-corrected chi connectivity index (χ1v) is 12.1. The number of piperidine rings is 1. The van der Waals surface area contributed by atoms with E-state index < -0.39 is 0 Å². The predicted molar refractivity (Wildman–Crippen MR) is 129 cm³/mol. The number of halogens is 1. The monoisotopic (exact) mass is 467 g/mol. The first-order chi connectivity index (χ1) is 16.0. The fourth-order valence-electron chi connectivity index (χ4n) is 4.66. The van der Waals surface area contributed by atoms with E-state index in [1.807, 2.05) is 0 Å². The summed E-state index contributed by atoms with van der Waals surface area (Å²) in [5.41, 5.74) is 1.52. The number of carbonyl (C=O) groups excluding carboxylic acids is 3. The van der Waals surface area contributed by atoms with Gasteiger partial charge in [-0.2, -0.15) is 0 Å². The summed E-state index contributed by atoms with van der Waals surface area (Å²) < 4.78 is 0. The van der Waals surface area contributed by atoms with Gasteiger partial charge in [-0.15, -0.1) is 0 Å². The van der Waals surface area contributed by atoms with Gasteiger partial charge in [0.25, 0.3) is 11.8 Å². The fourth-order valence-corrected chi connectivity index (χ4v) is 4.89. The third-order valence-corrected chi connectivity index (χ3v) is 6.87. The second-order valence-corrected chi connectivity index (χ2v) is 9.35. The molecule has 2 aliphatic rings. The van der Waals surface area contributed by atoms with Gasteiger partial charge in [0, 0.05) is 30.4 Å². The molecule has 6 nitrogen and oxygen atoms in total. The number of carbonyl (C=O) groups is 3. The lowest BCUT2D eigenvalue weighted by Crippen LogP contribution is -2.47. The first-order valence-electron chi connectivity index (χ1n) is 11.8. The quantitative estimate of drug-likeness (QED) is 0.656. The Morgan fingerprint density at radius 2 is 1.61 bits per heavy atom. The van der Waals surface area contributed by atoms with Crippen molar-refractivity contribution < 1.29 is 14.4 Å². The Balaban J connectivity index is 1.34. The number of benzene rings is 2. The molecule has 0 radical (unpaired) electrons. The number of hydrogen-bond donors (Lipinski definition) is 2. The normalized spacial score (nSPS) is 19.1.